The minimum absolute atomic E-state index is 0.0219. The summed E-state index contributed by atoms with van der Waals surface area (Å²) >= 11 is 0. The smallest absolute Gasteiger partial charge is 0.407 e. The predicted octanol–water partition coefficient (Wildman–Crippen LogP) is 1.79. The zero-order valence-corrected chi connectivity index (χ0v) is 18.9. The van der Waals surface area contributed by atoms with Gasteiger partial charge >= 0.3 is 6.09 Å². The molecule has 3 heterocycles. The van der Waals surface area contributed by atoms with Crippen LogP contribution in [0, 0.1) is 0 Å². The van der Waals surface area contributed by atoms with Gasteiger partial charge in [0.1, 0.15) is 12.6 Å². The maximum atomic E-state index is 12.9. The fraction of sp³-hybridized carbons (Fsp3) is 0.360. The lowest BCUT2D eigenvalue weighted by Gasteiger charge is -2.29. The molecule has 2 aromatic carbocycles. The number of piperidine rings is 1. The molecule has 0 bridgehead atoms. The van der Waals surface area contributed by atoms with Gasteiger partial charge in [-0.3, -0.25) is 19.7 Å². The number of rotatable bonds is 5. The lowest BCUT2D eigenvalue weighted by molar-refractivity contribution is -0.193. The minimum Gasteiger partial charge on any atom is -0.445 e. The van der Waals surface area contributed by atoms with Gasteiger partial charge in [-0.05, 0) is 23.6 Å². The minimum atomic E-state index is -0.667. The van der Waals surface area contributed by atoms with E-state index in [0.29, 0.717) is 24.1 Å². The summed E-state index contributed by atoms with van der Waals surface area (Å²) in [5, 5.41) is 5.01. The number of imide groups is 1. The molecule has 10 nitrogen and oxygen atoms in total. The monoisotopic (exact) mass is 479 g/mol. The van der Waals surface area contributed by atoms with Crippen molar-refractivity contribution >= 4 is 23.8 Å². The molecule has 0 aromatic heterocycles. The molecule has 3 aliphatic rings. The molecule has 2 aromatic rings. The highest BCUT2D eigenvalue weighted by Crippen LogP contribution is 2.28. The molecular formula is C25H25N3O7. The van der Waals surface area contributed by atoms with Crippen molar-refractivity contribution < 1.29 is 33.4 Å². The van der Waals surface area contributed by atoms with Crippen LogP contribution in [0.5, 0.6) is 0 Å². The zero-order chi connectivity index (χ0) is 24.4. The summed E-state index contributed by atoms with van der Waals surface area (Å²) in [6, 6.07) is 13.8. The fourth-order valence-corrected chi connectivity index (χ4v) is 4.44. The topological polar surface area (TPSA) is 123 Å². The van der Waals surface area contributed by atoms with Crippen molar-refractivity contribution in [1.82, 2.24) is 15.5 Å². The lowest BCUT2D eigenvalue weighted by atomic mass is 10.0. The summed E-state index contributed by atoms with van der Waals surface area (Å²) in [6.45, 7) is 0.857. The fourth-order valence-electron chi connectivity index (χ4n) is 4.44. The number of nitrogens with zero attached hydrogens (tertiary/aromatic N) is 1. The van der Waals surface area contributed by atoms with Crippen LogP contribution >= 0.6 is 0 Å². The first-order valence-electron chi connectivity index (χ1n) is 11.5. The molecule has 5 rings (SSSR count). The molecule has 0 aliphatic carbocycles. The second-order valence-electron chi connectivity index (χ2n) is 8.72. The first-order valence-corrected chi connectivity index (χ1v) is 11.5. The average molecular weight is 479 g/mol. The highest BCUT2D eigenvalue weighted by Gasteiger charge is 2.39. The molecule has 0 radical (unpaired) electrons. The van der Waals surface area contributed by atoms with Gasteiger partial charge in [0.05, 0.1) is 19.3 Å². The first-order chi connectivity index (χ1) is 17.0. The Bertz CT molecular complexity index is 1150. The van der Waals surface area contributed by atoms with Crippen LogP contribution in [-0.2, 0) is 37.0 Å². The van der Waals surface area contributed by atoms with Crippen molar-refractivity contribution in [2.75, 3.05) is 13.2 Å². The molecule has 1 unspecified atom stereocenters. The summed E-state index contributed by atoms with van der Waals surface area (Å²) in [4.78, 5) is 50.3. The number of carbonyl (C=O) groups excluding carboxylic acids is 4. The maximum absolute atomic E-state index is 12.9. The quantitative estimate of drug-likeness (QED) is 0.627. The standard InChI is InChI=1S/C25H25N3O7/c29-21-9-8-20(22(30)27-21)28-11-17-7-6-15(10-19(17)23(28)31)12-35-25(32)26-18-13-33-24(34-14-18)16-4-2-1-3-5-16/h1-7,10,18,20,24H,8-9,11-14H2,(H,26,32)(H,27,29,30). The Morgan fingerprint density at radius 3 is 2.60 bits per heavy atom. The summed E-state index contributed by atoms with van der Waals surface area (Å²) in [5.41, 5.74) is 2.82. The molecular weight excluding hydrogens is 454 g/mol. The van der Waals surface area contributed by atoms with Crippen molar-refractivity contribution in [2.24, 2.45) is 0 Å². The molecule has 10 heteroatoms. The molecule has 35 heavy (non-hydrogen) atoms. The molecule has 2 fully saturated rings. The van der Waals surface area contributed by atoms with E-state index in [1.807, 2.05) is 30.3 Å². The van der Waals surface area contributed by atoms with Gasteiger partial charge in [0.2, 0.25) is 11.8 Å². The second-order valence-corrected chi connectivity index (χ2v) is 8.72. The third kappa shape index (κ3) is 5.03. The lowest BCUT2D eigenvalue weighted by Crippen LogP contribution is -2.52. The van der Waals surface area contributed by atoms with Gasteiger partial charge in [-0.1, -0.05) is 42.5 Å². The van der Waals surface area contributed by atoms with Gasteiger partial charge in [0.25, 0.3) is 5.91 Å². The number of hydrogen-bond donors (Lipinski definition) is 2. The van der Waals surface area contributed by atoms with Crippen molar-refractivity contribution in [1.29, 1.82) is 0 Å². The van der Waals surface area contributed by atoms with Gasteiger partial charge in [-0.15, -0.1) is 0 Å². The van der Waals surface area contributed by atoms with Crippen LogP contribution in [-0.4, -0.2) is 54.0 Å². The highest BCUT2D eigenvalue weighted by atomic mass is 16.7. The second kappa shape index (κ2) is 9.85. The third-order valence-corrected chi connectivity index (χ3v) is 6.25. The highest BCUT2D eigenvalue weighted by molar-refractivity contribution is 6.05. The van der Waals surface area contributed by atoms with Gasteiger partial charge in [0, 0.05) is 24.1 Å². The number of nitrogens with one attached hydrogen (secondary N) is 2. The number of fused-ring (bicyclic) bond motifs is 1. The number of carbonyl (C=O) groups is 4. The first kappa shape index (κ1) is 23.0. The Morgan fingerprint density at radius 1 is 1.09 bits per heavy atom. The van der Waals surface area contributed by atoms with E-state index in [9.17, 15) is 19.2 Å². The van der Waals surface area contributed by atoms with E-state index in [2.05, 4.69) is 10.6 Å². The van der Waals surface area contributed by atoms with Crippen LogP contribution in [0.2, 0.25) is 0 Å². The van der Waals surface area contributed by atoms with Gasteiger partial charge in [-0.25, -0.2) is 4.79 Å². The average Bonchev–Trinajstić information content (AvgIpc) is 3.19. The molecule has 0 spiro atoms. The number of alkyl carbamates (subject to hydrolysis) is 1. The van der Waals surface area contributed by atoms with E-state index in [-0.39, 0.29) is 44.1 Å². The van der Waals surface area contributed by atoms with Crippen LogP contribution < -0.4 is 10.6 Å². The number of amides is 4. The van der Waals surface area contributed by atoms with Crippen LogP contribution in [0.1, 0.15) is 46.2 Å². The van der Waals surface area contributed by atoms with Crippen LogP contribution in [0.4, 0.5) is 4.79 Å². The summed E-state index contributed by atoms with van der Waals surface area (Å²) < 4.78 is 16.7. The van der Waals surface area contributed by atoms with Crippen molar-refractivity contribution in [3.63, 3.8) is 0 Å². The summed E-state index contributed by atoms with van der Waals surface area (Å²) in [6.07, 6.45) is -0.568. The van der Waals surface area contributed by atoms with E-state index < -0.39 is 24.3 Å². The molecule has 182 valence electrons. The molecule has 2 N–H and O–H groups in total. The zero-order valence-electron chi connectivity index (χ0n) is 18.9. The third-order valence-electron chi connectivity index (χ3n) is 6.25. The Hall–Kier alpha value is -3.76. The van der Waals surface area contributed by atoms with Crippen LogP contribution in [0.15, 0.2) is 48.5 Å². The summed E-state index contributed by atoms with van der Waals surface area (Å²) in [5.74, 6) is -1.05. The van der Waals surface area contributed by atoms with Crippen LogP contribution in [0.3, 0.4) is 0 Å². The van der Waals surface area contributed by atoms with Crippen LogP contribution in [0.25, 0.3) is 0 Å². The van der Waals surface area contributed by atoms with Gasteiger partial charge in [-0.2, -0.15) is 0 Å². The molecule has 0 saturated carbocycles. The maximum Gasteiger partial charge on any atom is 0.407 e. The summed E-state index contributed by atoms with van der Waals surface area (Å²) in [7, 11) is 0. The Balaban J connectivity index is 1.11. The number of hydrogen-bond acceptors (Lipinski definition) is 7. The number of ether oxygens (including phenoxy) is 3. The van der Waals surface area contributed by atoms with E-state index in [4.69, 9.17) is 14.2 Å². The predicted molar refractivity (Wildman–Crippen MR) is 121 cm³/mol. The Morgan fingerprint density at radius 2 is 1.86 bits per heavy atom. The van der Waals surface area contributed by atoms with E-state index in [0.717, 1.165) is 11.1 Å². The van der Waals surface area contributed by atoms with E-state index in [1.165, 1.54) is 4.90 Å². The van der Waals surface area contributed by atoms with Gasteiger partial charge < -0.3 is 24.4 Å². The molecule has 3 aliphatic heterocycles. The van der Waals surface area contributed by atoms with Crippen molar-refractivity contribution in [2.45, 2.75) is 44.4 Å². The largest absolute Gasteiger partial charge is 0.445 e. The van der Waals surface area contributed by atoms with E-state index >= 15 is 0 Å². The Labute approximate surface area is 201 Å². The normalized spacial score (nSPS) is 24.1. The molecule has 4 amide bonds. The molecule has 2 saturated heterocycles. The number of benzene rings is 2. The Kier molecular flexibility index (Phi) is 6.47. The SMILES string of the molecule is O=C1CCC(N2Cc3ccc(COC(=O)NC4COC(c5ccccc5)OC4)cc3C2=O)C(=O)N1. The van der Waals surface area contributed by atoms with Gasteiger partial charge in [0.15, 0.2) is 6.29 Å². The van der Waals surface area contributed by atoms with E-state index in [1.54, 1.807) is 18.2 Å². The van der Waals surface area contributed by atoms with Crippen molar-refractivity contribution in [3.8, 4) is 0 Å². The molecule has 1 atom stereocenters. The van der Waals surface area contributed by atoms with Crippen molar-refractivity contribution in [3.05, 3.63) is 70.8 Å².